The Balaban J connectivity index is 1.63. The third-order valence-corrected chi connectivity index (χ3v) is 3.42. The second-order valence-corrected chi connectivity index (χ2v) is 5.30. The van der Waals surface area contributed by atoms with E-state index in [1.807, 2.05) is 6.07 Å². The highest BCUT2D eigenvalue weighted by Gasteiger charge is 2.10. The Kier molecular flexibility index (Phi) is 4.83. The number of rotatable bonds is 6. The van der Waals surface area contributed by atoms with Crippen LogP contribution >= 0.6 is 0 Å². The van der Waals surface area contributed by atoms with Crippen LogP contribution in [0.3, 0.4) is 0 Å². The molecule has 0 aliphatic rings. The number of aromatic nitrogens is 4. The number of non-ortho nitro benzene ring substituents is 1. The molecule has 0 fully saturated rings. The highest BCUT2D eigenvalue weighted by atomic mass is 16.6. The third-order valence-electron chi connectivity index (χ3n) is 3.42. The van der Waals surface area contributed by atoms with E-state index in [2.05, 4.69) is 20.8 Å². The van der Waals surface area contributed by atoms with Gasteiger partial charge in [0, 0.05) is 24.4 Å². The summed E-state index contributed by atoms with van der Waals surface area (Å²) in [5.41, 5.74) is 1.20. The lowest BCUT2D eigenvalue weighted by Gasteiger charge is -2.08. The fraction of sp³-hybridized carbons (Fsp3) is 0.125. The van der Waals surface area contributed by atoms with Crippen LogP contribution in [0.5, 0.6) is 5.75 Å². The van der Waals surface area contributed by atoms with Crippen LogP contribution in [0, 0.1) is 10.1 Å². The average molecular weight is 354 g/mol. The normalized spacial score (nSPS) is 10.3. The van der Waals surface area contributed by atoms with E-state index in [0.29, 0.717) is 11.5 Å². The molecular weight excluding hydrogens is 340 g/mol. The van der Waals surface area contributed by atoms with E-state index in [4.69, 9.17) is 4.74 Å². The fourth-order valence-electron chi connectivity index (χ4n) is 2.24. The van der Waals surface area contributed by atoms with Gasteiger partial charge in [-0.3, -0.25) is 14.9 Å². The van der Waals surface area contributed by atoms with Crippen molar-refractivity contribution < 1.29 is 14.5 Å². The van der Waals surface area contributed by atoms with Gasteiger partial charge >= 0.3 is 0 Å². The molecule has 1 N–H and O–H groups in total. The first-order valence-electron chi connectivity index (χ1n) is 7.53. The molecule has 1 amide bonds. The number of carbonyl (C=O) groups is 1. The molecule has 0 atom stereocenters. The van der Waals surface area contributed by atoms with Crippen LogP contribution < -0.4 is 10.1 Å². The maximum Gasteiger partial charge on any atom is 0.273 e. The molecule has 3 aromatic rings. The SMILES string of the molecule is Cn1nnnc1-c1cccc(NC(=O)COc2cccc([N+](=O)[O-])c2)c1. The van der Waals surface area contributed by atoms with Crippen molar-refractivity contribution in [2.75, 3.05) is 11.9 Å². The fourth-order valence-corrected chi connectivity index (χ4v) is 2.24. The summed E-state index contributed by atoms with van der Waals surface area (Å²) >= 11 is 0. The summed E-state index contributed by atoms with van der Waals surface area (Å²) in [5.74, 6) is 0.409. The second kappa shape index (κ2) is 7.38. The Morgan fingerprint density at radius 2 is 2.08 bits per heavy atom. The lowest BCUT2D eigenvalue weighted by atomic mass is 10.2. The first kappa shape index (κ1) is 17.0. The van der Waals surface area contributed by atoms with Crippen molar-refractivity contribution in [3.8, 4) is 17.1 Å². The van der Waals surface area contributed by atoms with Crippen molar-refractivity contribution >= 4 is 17.3 Å². The summed E-state index contributed by atoms with van der Waals surface area (Å²) in [6.45, 7) is -0.281. The van der Waals surface area contributed by atoms with Gasteiger partial charge in [-0.15, -0.1) is 5.10 Å². The number of nitrogens with one attached hydrogen (secondary N) is 1. The minimum Gasteiger partial charge on any atom is -0.484 e. The van der Waals surface area contributed by atoms with E-state index in [-0.39, 0.29) is 18.0 Å². The van der Waals surface area contributed by atoms with E-state index < -0.39 is 10.8 Å². The van der Waals surface area contributed by atoms with E-state index in [1.54, 1.807) is 31.3 Å². The Morgan fingerprint density at radius 3 is 2.81 bits per heavy atom. The minimum atomic E-state index is -0.528. The van der Waals surface area contributed by atoms with Gasteiger partial charge in [0.05, 0.1) is 11.0 Å². The van der Waals surface area contributed by atoms with Gasteiger partial charge in [-0.25, -0.2) is 4.68 Å². The largest absolute Gasteiger partial charge is 0.484 e. The lowest BCUT2D eigenvalue weighted by molar-refractivity contribution is -0.384. The Labute approximate surface area is 147 Å². The quantitative estimate of drug-likeness (QED) is 0.528. The van der Waals surface area contributed by atoms with Crippen LogP contribution in [0.2, 0.25) is 0 Å². The molecule has 0 saturated carbocycles. The number of nitro groups is 1. The summed E-state index contributed by atoms with van der Waals surface area (Å²) in [6, 6.07) is 12.7. The number of hydrogen-bond donors (Lipinski definition) is 1. The maximum absolute atomic E-state index is 12.1. The van der Waals surface area contributed by atoms with Crippen molar-refractivity contribution in [3.63, 3.8) is 0 Å². The highest BCUT2D eigenvalue weighted by Crippen LogP contribution is 2.20. The maximum atomic E-state index is 12.1. The molecule has 0 unspecified atom stereocenters. The summed E-state index contributed by atoms with van der Waals surface area (Å²) in [7, 11) is 1.72. The molecule has 0 bridgehead atoms. The second-order valence-electron chi connectivity index (χ2n) is 5.30. The molecule has 10 nitrogen and oxygen atoms in total. The number of tetrazole rings is 1. The molecule has 0 aliphatic heterocycles. The zero-order valence-electron chi connectivity index (χ0n) is 13.7. The van der Waals surface area contributed by atoms with E-state index in [9.17, 15) is 14.9 Å². The van der Waals surface area contributed by atoms with Gasteiger partial charge in [0.2, 0.25) is 0 Å². The number of nitrogens with zero attached hydrogens (tertiary/aromatic N) is 5. The molecule has 0 radical (unpaired) electrons. The van der Waals surface area contributed by atoms with Gasteiger partial charge in [-0.1, -0.05) is 18.2 Å². The van der Waals surface area contributed by atoms with Crippen LogP contribution in [0.25, 0.3) is 11.4 Å². The number of carbonyl (C=O) groups excluding carboxylic acids is 1. The van der Waals surface area contributed by atoms with E-state index in [1.165, 1.54) is 22.9 Å². The monoisotopic (exact) mass is 354 g/mol. The number of nitro benzene ring substituents is 1. The van der Waals surface area contributed by atoms with Gasteiger partial charge in [0.25, 0.3) is 11.6 Å². The number of ether oxygens (including phenoxy) is 1. The van der Waals surface area contributed by atoms with Crippen molar-refractivity contribution in [1.29, 1.82) is 0 Å². The number of anilines is 1. The lowest BCUT2D eigenvalue weighted by Crippen LogP contribution is -2.20. The van der Waals surface area contributed by atoms with Crippen LogP contribution in [0.4, 0.5) is 11.4 Å². The predicted octanol–water partition coefficient (Wildman–Crippen LogP) is 1.80. The molecular formula is C16H14N6O4. The molecule has 2 aromatic carbocycles. The number of hydrogen-bond acceptors (Lipinski definition) is 7. The smallest absolute Gasteiger partial charge is 0.273 e. The Morgan fingerprint density at radius 1 is 1.27 bits per heavy atom. The molecule has 1 heterocycles. The summed E-state index contributed by atoms with van der Waals surface area (Å²) in [6.07, 6.45) is 0. The first-order valence-corrected chi connectivity index (χ1v) is 7.53. The molecule has 26 heavy (non-hydrogen) atoms. The van der Waals surface area contributed by atoms with Crippen LogP contribution in [0.15, 0.2) is 48.5 Å². The van der Waals surface area contributed by atoms with E-state index >= 15 is 0 Å². The van der Waals surface area contributed by atoms with Gasteiger partial charge in [0.1, 0.15) is 5.75 Å². The molecule has 3 rings (SSSR count). The van der Waals surface area contributed by atoms with Crippen LogP contribution in [-0.4, -0.2) is 37.6 Å². The first-order chi connectivity index (χ1) is 12.5. The van der Waals surface area contributed by atoms with Crippen molar-refractivity contribution in [3.05, 3.63) is 58.6 Å². The Bertz CT molecular complexity index is 955. The summed E-state index contributed by atoms with van der Waals surface area (Å²) in [5, 5.41) is 24.7. The van der Waals surface area contributed by atoms with Crippen molar-refractivity contribution in [2.45, 2.75) is 0 Å². The van der Waals surface area contributed by atoms with E-state index in [0.717, 1.165) is 5.56 Å². The molecule has 0 saturated heterocycles. The molecule has 0 aliphatic carbocycles. The van der Waals surface area contributed by atoms with Gasteiger partial charge in [-0.05, 0) is 28.6 Å². The molecule has 10 heteroatoms. The number of benzene rings is 2. The third kappa shape index (κ3) is 3.98. The van der Waals surface area contributed by atoms with Gasteiger partial charge in [0.15, 0.2) is 12.4 Å². The topological polar surface area (TPSA) is 125 Å². The van der Waals surface area contributed by atoms with Crippen LogP contribution in [-0.2, 0) is 11.8 Å². The molecule has 1 aromatic heterocycles. The Hall–Kier alpha value is -3.82. The predicted molar refractivity (Wildman–Crippen MR) is 91.5 cm³/mol. The number of amides is 1. The van der Waals surface area contributed by atoms with Crippen molar-refractivity contribution in [2.24, 2.45) is 7.05 Å². The molecule has 132 valence electrons. The van der Waals surface area contributed by atoms with Crippen LogP contribution in [0.1, 0.15) is 0 Å². The standard InChI is InChI=1S/C16H14N6O4/c1-21-16(18-19-20-21)11-4-2-5-12(8-11)17-15(23)10-26-14-7-3-6-13(9-14)22(24)25/h2-9H,10H2,1H3,(H,17,23). The minimum absolute atomic E-state index is 0.104. The molecule has 0 spiro atoms. The zero-order chi connectivity index (χ0) is 18.5. The number of aryl methyl sites for hydroxylation is 1. The van der Waals surface area contributed by atoms with Gasteiger partial charge < -0.3 is 10.1 Å². The highest BCUT2D eigenvalue weighted by molar-refractivity contribution is 5.92. The summed E-state index contributed by atoms with van der Waals surface area (Å²) in [4.78, 5) is 22.3. The van der Waals surface area contributed by atoms with Gasteiger partial charge in [-0.2, -0.15) is 0 Å². The van der Waals surface area contributed by atoms with Crippen molar-refractivity contribution in [1.82, 2.24) is 20.2 Å². The summed E-state index contributed by atoms with van der Waals surface area (Å²) < 4.78 is 6.82. The zero-order valence-corrected chi connectivity index (χ0v) is 13.7. The average Bonchev–Trinajstić information content (AvgIpc) is 3.06.